The molecule has 1 heterocycles. The van der Waals surface area contributed by atoms with Crippen LogP contribution in [0.2, 0.25) is 0 Å². The number of hydrogen-bond acceptors (Lipinski definition) is 4. The normalized spacial score (nSPS) is 20.8. The molecule has 0 aromatic heterocycles. The van der Waals surface area contributed by atoms with Crippen LogP contribution in [0.1, 0.15) is 30.5 Å². The minimum absolute atomic E-state index is 0.000896. The Morgan fingerprint density at radius 3 is 2.64 bits per heavy atom. The van der Waals surface area contributed by atoms with Crippen molar-refractivity contribution in [2.75, 3.05) is 18.1 Å². The summed E-state index contributed by atoms with van der Waals surface area (Å²) in [5.74, 6) is 0.363. The van der Waals surface area contributed by atoms with Gasteiger partial charge in [-0.2, -0.15) is 5.26 Å². The maximum Gasteiger partial charge on any atom is 0.315 e. The first-order valence-corrected chi connectivity index (χ1v) is 8.96. The summed E-state index contributed by atoms with van der Waals surface area (Å²) >= 11 is 0. The van der Waals surface area contributed by atoms with Crippen LogP contribution in [0.5, 0.6) is 0 Å². The van der Waals surface area contributed by atoms with Crippen LogP contribution in [0.3, 0.4) is 0 Å². The van der Waals surface area contributed by atoms with Crippen molar-refractivity contribution in [3.63, 3.8) is 0 Å². The molecule has 1 saturated heterocycles. The second kappa shape index (κ2) is 6.79. The van der Waals surface area contributed by atoms with Gasteiger partial charge in [-0.1, -0.05) is 12.1 Å². The van der Waals surface area contributed by atoms with Gasteiger partial charge >= 0.3 is 6.03 Å². The van der Waals surface area contributed by atoms with Gasteiger partial charge in [0.15, 0.2) is 9.84 Å². The predicted molar refractivity (Wildman–Crippen MR) is 82.9 cm³/mol. The maximum absolute atomic E-state index is 11.8. The second-order valence-electron chi connectivity index (χ2n) is 5.58. The molecular formula is C15H19N3O3S. The number of rotatable bonds is 4. The van der Waals surface area contributed by atoms with E-state index in [0.717, 1.165) is 5.56 Å². The molecule has 1 fully saturated rings. The van der Waals surface area contributed by atoms with E-state index in [0.29, 0.717) is 18.5 Å². The Balaban J connectivity index is 1.80. The lowest BCUT2D eigenvalue weighted by molar-refractivity contribution is 0.236. The monoisotopic (exact) mass is 321 g/mol. The highest BCUT2D eigenvalue weighted by atomic mass is 32.2. The Morgan fingerprint density at radius 2 is 2.09 bits per heavy atom. The topological polar surface area (TPSA) is 99.1 Å². The number of nitriles is 1. The minimum atomic E-state index is -2.91. The molecule has 2 amide bonds. The third kappa shape index (κ3) is 4.46. The second-order valence-corrected chi connectivity index (χ2v) is 7.81. The van der Waals surface area contributed by atoms with Crippen LogP contribution >= 0.6 is 0 Å². The van der Waals surface area contributed by atoms with E-state index in [2.05, 4.69) is 10.6 Å². The molecule has 2 rings (SSSR count). The largest absolute Gasteiger partial charge is 0.338 e. The molecule has 1 aliphatic heterocycles. The molecule has 0 spiro atoms. The zero-order valence-corrected chi connectivity index (χ0v) is 13.2. The highest BCUT2D eigenvalue weighted by Crippen LogP contribution is 2.17. The standard InChI is InChI=1S/C15H19N3O3S/c1-11(14-4-2-12(8-16)3-5-14)18-15(19)17-9-13-6-7-22(20,21)10-13/h2-5,11,13H,6-7,9-10H2,1H3,(H2,17,18,19)/t11-,13-/m0/s1. The fourth-order valence-corrected chi connectivity index (χ4v) is 4.31. The molecule has 0 saturated carbocycles. The molecule has 1 aromatic carbocycles. The number of amides is 2. The van der Waals surface area contributed by atoms with Gasteiger partial charge in [-0.05, 0) is 37.0 Å². The summed E-state index contributed by atoms with van der Waals surface area (Å²) in [5.41, 5.74) is 1.47. The van der Waals surface area contributed by atoms with Gasteiger partial charge in [-0.25, -0.2) is 13.2 Å². The number of urea groups is 1. The van der Waals surface area contributed by atoms with Crippen molar-refractivity contribution in [3.05, 3.63) is 35.4 Å². The first kappa shape index (κ1) is 16.3. The van der Waals surface area contributed by atoms with Crippen LogP contribution in [-0.4, -0.2) is 32.5 Å². The molecule has 0 aliphatic carbocycles. The Bertz CT molecular complexity index is 677. The number of carbonyl (C=O) groups excluding carboxylic acids is 1. The van der Waals surface area contributed by atoms with E-state index in [4.69, 9.17) is 5.26 Å². The van der Waals surface area contributed by atoms with Crippen LogP contribution in [0.25, 0.3) is 0 Å². The molecule has 0 bridgehead atoms. The first-order chi connectivity index (χ1) is 10.4. The van der Waals surface area contributed by atoms with Crippen molar-refractivity contribution in [1.82, 2.24) is 10.6 Å². The zero-order valence-electron chi connectivity index (χ0n) is 12.4. The fraction of sp³-hybridized carbons (Fsp3) is 0.467. The van der Waals surface area contributed by atoms with Crippen molar-refractivity contribution in [1.29, 1.82) is 5.26 Å². The Morgan fingerprint density at radius 1 is 1.41 bits per heavy atom. The lowest BCUT2D eigenvalue weighted by Gasteiger charge is -2.16. The zero-order chi connectivity index (χ0) is 16.2. The molecule has 1 aromatic rings. The van der Waals surface area contributed by atoms with Gasteiger partial charge in [0.05, 0.1) is 29.2 Å². The quantitative estimate of drug-likeness (QED) is 0.874. The molecule has 0 unspecified atom stereocenters. The molecule has 118 valence electrons. The van der Waals surface area contributed by atoms with Gasteiger partial charge in [0.25, 0.3) is 0 Å². The Kier molecular flexibility index (Phi) is 5.03. The predicted octanol–water partition coefficient (Wildman–Crippen LogP) is 1.35. The van der Waals surface area contributed by atoms with E-state index in [-0.39, 0.29) is 29.5 Å². The fourth-order valence-electron chi connectivity index (χ4n) is 2.45. The van der Waals surface area contributed by atoms with E-state index in [1.165, 1.54) is 0 Å². The Labute approximate surface area is 130 Å². The molecule has 22 heavy (non-hydrogen) atoms. The van der Waals surface area contributed by atoms with Crippen LogP contribution in [0.4, 0.5) is 4.79 Å². The highest BCUT2D eigenvalue weighted by molar-refractivity contribution is 7.91. The van der Waals surface area contributed by atoms with E-state index < -0.39 is 9.84 Å². The smallest absolute Gasteiger partial charge is 0.315 e. The van der Waals surface area contributed by atoms with Gasteiger partial charge in [-0.3, -0.25) is 0 Å². The molecule has 2 N–H and O–H groups in total. The van der Waals surface area contributed by atoms with E-state index >= 15 is 0 Å². The minimum Gasteiger partial charge on any atom is -0.338 e. The van der Waals surface area contributed by atoms with E-state index in [1.54, 1.807) is 24.3 Å². The summed E-state index contributed by atoms with van der Waals surface area (Å²) in [6.07, 6.45) is 0.605. The number of carbonyl (C=O) groups is 1. The van der Waals surface area contributed by atoms with Crippen molar-refractivity contribution >= 4 is 15.9 Å². The van der Waals surface area contributed by atoms with Crippen LogP contribution in [-0.2, 0) is 9.84 Å². The summed E-state index contributed by atoms with van der Waals surface area (Å²) in [7, 11) is -2.91. The van der Waals surface area contributed by atoms with Crippen LogP contribution in [0, 0.1) is 17.2 Å². The van der Waals surface area contributed by atoms with Crippen molar-refractivity contribution in [2.45, 2.75) is 19.4 Å². The number of benzene rings is 1. The van der Waals surface area contributed by atoms with E-state index in [1.807, 2.05) is 13.0 Å². The average Bonchev–Trinajstić information content (AvgIpc) is 2.84. The number of sulfone groups is 1. The molecular weight excluding hydrogens is 302 g/mol. The summed E-state index contributed by atoms with van der Waals surface area (Å²) < 4.78 is 22.7. The summed E-state index contributed by atoms with van der Waals surface area (Å²) in [6, 6.07) is 8.53. The third-order valence-corrected chi connectivity index (χ3v) is 5.60. The summed E-state index contributed by atoms with van der Waals surface area (Å²) in [5, 5.41) is 14.3. The highest BCUT2D eigenvalue weighted by Gasteiger charge is 2.27. The number of hydrogen-bond donors (Lipinski definition) is 2. The van der Waals surface area contributed by atoms with Gasteiger partial charge in [0.2, 0.25) is 0 Å². The lowest BCUT2D eigenvalue weighted by atomic mass is 10.1. The van der Waals surface area contributed by atoms with Gasteiger partial charge < -0.3 is 10.6 Å². The van der Waals surface area contributed by atoms with Gasteiger partial charge in [-0.15, -0.1) is 0 Å². The first-order valence-electron chi connectivity index (χ1n) is 7.14. The average molecular weight is 321 g/mol. The SMILES string of the molecule is C[C@H](NC(=O)NC[C@@H]1CCS(=O)(=O)C1)c1ccc(C#N)cc1. The summed E-state index contributed by atoms with van der Waals surface area (Å²) in [4.78, 5) is 11.8. The van der Waals surface area contributed by atoms with Crippen LogP contribution < -0.4 is 10.6 Å². The maximum atomic E-state index is 11.8. The van der Waals surface area contributed by atoms with Crippen LogP contribution in [0.15, 0.2) is 24.3 Å². The van der Waals surface area contributed by atoms with Crippen molar-refractivity contribution in [3.8, 4) is 6.07 Å². The molecule has 6 nitrogen and oxygen atoms in total. The summed E-state index contributed by atoms with van der Waals surface area (Å²) in [6.45, 7) is 2.21. The number of nitrogens with one attached hydrogen (secondary N) is 2. The molecule has 1 aliphatic rings. The molecule has 0 radical (unpaired) electrons. The van der Waals surface area contributed by atoms with Gasteiger partial charge in [0.1, 0.15) is 0 Å². The van der Waals surface area contributed by atoms with E-state index in [9.17, 15) is 13.2 Å². The van der Waals surface area contributed by atoms with Crippen molar-refractivity contribution < 1.29 is 13.2 Å². The molecule has 7 heteroatoms. The number of nitrogens with zero attached hydrogens (tertiary/aromatic N) is 1. The van der Waals surface area contributed by atoms with Gasteiger partial charge in [0, 0.05) is 6.54 Å². The third-order valence-electron chi connectivity index (χ3n) is 3.77. The molecule has 2 atom stereocenters. The lowest BCUT2D eigenvalue weighted by Crippen LogP contribution is -2.39. The Hall–Kier alpha value is -2.07. The van der Waals surface area contributed by atoms with Crippen molar-refractivity contribution in [2.24, 2.45) is 5.92 Å².